The van der Waals surface area contributed by atoms with Crippen LogP contribution in [0.3, 0.4) is 0 Å². The fourth-order valence-corrected chi connectivity index (χ4v) is 2.26. The monoisotopic (exact) mass is 257 g/mol. The zero-order valence-electron chi connectivity index (χ0n) is 11.7. The van der Waals surface area contributed by atoms with Gasteiger partial charge in [0, 0.05) is 18.7 Å². The number of rotatable bonds is 4. The number of aromatic nitrogens is 2. The van der Waals surface area contributed by atoms with E-state index in [0.29, 0.717) is 18.4 Å². The minimum atomic E-state index is 0.545. The molecule has 1 aromatic heterocycles. The van der Waals surface area contributed by atoms with E-state index in [1.807, 2.05) is 0 Å². The van der Waals surface area contributed by atoms with E-state index in [2.05, 4.69) is 54.1 Å². The van der Waals surface area contributed by atoms with E-state index in [1.54, 1.807) is 0 Å². The summed E-state index contributed by atoms with van der Waals surface area (Å²) < 4.78 is 5.33. The lowest BCUT2D eigenvalue weighted by Crippen LogP contribution is -2.17. The molecule has 1 aliphatic carbocycles. The minimum Gasteiger partial charge on any atom is -0.365 e. The minimum absolute atomic E-state index is 0.545. The molecule has 0 spiro atoms. The standard InChI is InChI=1S/C15H19N3O/c1-10-4-5-11(2)13(8-10)18(3)9-14-16-15(17-19-14)12-6-7-12/h4-5,8,12H,6-7,9H2,1-3H3. The predicted octanol–water partition coefficient (Wildman–Crippen LogP) is 3.20. The molecule has 1 fully saturated rings. The number of aryl methyl sites for hydroxylation is 2. The molecule has 0 saturated heterocycles. The lowest BCUT2D eigenvalue weighted by Gasteiger charge is -2.19. The highest BCUT2D eigenvalue weighted by molar-refractivity contribution is 5.54. The molecule has 1 heterocycles. The van der Waals surface area contributed by atoms with Crippen LogP contribution in [0.15, 0.2) is 22.7 Å². The summed E-state index contributed by atoms with van der Waals surface area (Å²) in [6.45, 7) is 4.88. The van der Waals surface area contributed by atoms with Crippen LogP contribution in [0, 0.1) is 13.8 Å². The van der Waals surface area contributed by atoms with Gasteiger partial charge in [0.2, 0.25) is 5.89 Å². The van der Waals surface area contributed by atoms with Gasteiger partial charge < -0.3 is 9.42 Å². The van der Waals surface area contributed by atoms with Gasteiger partial charge in [0.1, 0.15) is 0 Å². The van der Waals surface area contributed by atoms with Gasteiger partial charge in [-0.15, -0.1) is 0 Å². The molecule has 0 radical (unpaired) electrons. The number of nitrogens with zero attached hydrogens (tertiary/aromatic N) is 3. The van der Waals surface area contributed by atoms with Gasteiger partial charge in [-0.3, -0.25) is 0 Å². The normalized spacial score (nSPS) is 14.7. The molecule has 4 heteroatoms. The third kappa shape index (κ3) is 2.62. The molecule has 3 rings (SSSR count). The van der Waals surface area contributed by atoms with Crippen molar-refractivity contribution in [2.45, 2.75) is 39.2 Å². The summed E-state index contributed by atoms with van der Waals surface area (Å²) in [5.74, 6) is 2.12. The Bertz CT molecular complexity index is 587. The average molecular weight is 257 g/mol. The second kappa shape index (κ2) is 4.68. The zero-order valence-corrected chi connectivity index (χ0v) is 11.7. The molecule has 0 N–H and O–H groups in total. The largest absolute Gasteiger partial charge is 0.365 e. The third-order valence-electron chi connectivity index (χ3n) is 3.57. The van der Waals surface area contributed by atoms with Crippen molar-refractivity contribution in [2.24, 2.45) is 0 Å². The summed E-state index contributed by atoms with van der Waals surface area (Å²) in [6.07, 6.45) is 2.40. The average Bonchev–Trinajstić information content (AvgIpc) is 3.13. The second-order valence-corrected chi connectivity index (χ2v) is 5.47. The number of benzene rings is 1. The van der Waals surface area contributed by atoms with Gasteiger partial charge in [-0.2, -0.15) is 4.98 Å². The first-order chi connectivity index (χ1) is 9.13. The first-order valence-corrected chi connectivity index (χ1v) is 6.74. The lowest BCUT2D eigenvalue weighted by molar-refractivity contribution is 0.373. The van der Waals surface area contributed by atoms with E-state index in [0.717, 1.165) is 5.82 Å². The van der Waals surface area contributed by atoms with Crippen LogP contribution < -0.4 is 4.90 Å². The van der Waals surface area contributed by atoms with Crippen LogP contribution in [0.25, 0.3) is 0 Å². The highest BCUT2D eigenvalue weighted by atomic mass is 16.5. The number of hydrogen-bond acceptors (Lipinski definition) is 4. The number of anilines is 1. The van der Waals surface area contributed by atoms with Gasteiger partial charge in [0.15, 0.2) is 5.82 Å². The Labute approximate surface area is 113 Å². The molecular weight excluding hydrogens is 238 g/mol. The summed E-state index contributed by atoms with van der Waals surface area (Å²) in [6, 6.07) is 6.46. The summed E-state index contributed by atoms with van der Waals surface area (Å²) in [5, 5.41) is 4.05. The smallest absolute Gasteiger partial charge is 0.246 e. The molecule has 0 amide bonds. The maximum absolute atomic E-state index is 5.33. The maximum atomic E-state index is 5.33. The molecular formula is C15H19N3O. The van der Waals surface area contributed by atoms with Crippen molar-refractivity contribution in [1.29, 1.82) is 0 Å². The van der Waals surface area contributed by atoms with E-state index < -0.39 is 0 Å². The predicted molar refractivity (Wildman–Crippen MR) is 74.3 cm³/mol. The highest BCUT2D eigenvalue weighted by Crippen LogP contribution is 2.38. The van der Waals surface area contributed by atoms with E-state index in [-0.39, 0.29) is 0 Å². The zero-order chi connectivity index (χ0) is 13.4. The second-order valence-electron chi connectivity index (χ2n) is 5.47. The third-order valence-corrected chi connectivity index (χ3v) is 3.57. The maximum Gasteiger partial charge on any atom is 0.246 e. The van der Waals surface area contributed by atoms with E-state index in [4.69, 9.17) is 4.52 Å². The molecule has 0 bridgehead atoms. The Morgan fingerprint density at radius 1 is 1.32 bits per heavy atom. The summed E-state index contributed by atoms with van der Waals surface area (Å²) in [5.41, 5.74) is 3.73. The Morgan fingerprint density at radius 3 is 2.84 bits per heavy atom. The van der Waals surface area contributed by atoms with Gasteiger partial charge in [-0.05, 0) is 43.9 Å². The molecule has 0 atom stereocenters. The molecule has 1 saturated carbocycles. The molecule has 1 aliphatic rings. The Hall–Kier alpha value is -1.84. The lowest BCUT2D eigenvalue weighted by atomic mass is 10.1. The van der Waals surface area contributed by atoms with Gasteiger partial charge in [0.25, 0.3) is 0 Å². The Kier molecular flexibility index (Phi) is 3.01. The molecule has 100 valence electrons. The van der Waals surface area contributed by atoms with Crippen molar-refractivity contribution < 1.29 is 4.52 Å². The Morgan fingerprint density at radius 2 is 2.11 bits per heavy atom. The fourth-order valence-electron chi connectivity index (χ4n) is 2.26. The van der Waals surface area contributed by atoms with Crippen molar-refractivity contribution in [3.05, 3.63) is 41.0 Å². The van der Waals surface area contributed by atoms with Crippen LogP contribution in [-0.4, -0.2) is 17.2 Å². The first kappa shape index (κ1) is 12.2. The van der Waals surface area contributed by atoms with Crippen LogP contribution in [-0.2, 0) is 6.54 Å². The molecule has 19 heavy (non-hydrogen) atoms. The van der Waals surface area contributed by atoms with Crippen molar-refractivity contribution in [2.75, 3.05) is 11.9 Å². The summed E-state index contributed by atoms with van der Waals surface area (Å²) >= 11 is 0. The van der Waals surface area contributed by atoms with Crippen LogP contribution >= 0.6 is 0 Å². The SMILES string of the molecule is Cc1ccc(C)c(N(C)Cc2nc(C3CC3)no2)c1. The fraction of sp³-hybridized carbons (Fsp3) is 0.467. The van der Waals surface area contributed by atoms with E-state index in [9.17, 15) is 0 Å². The van der Waals surface area contributed by atoms with E-state index >= 15 is 0 Å². The van der Waals surface area contributed by atoms with E-state index in [1.165, 1.54) is 29.7 Å². The molecule has 0 unspecified atom stereocenters. The van der Waals surface area contributed by atoms with Gasteiger partial charge in [-0.1, -0.05) is 17.3 Å². The molecule has 2 aromatic rings. The van der Waals surface area contributed by atoms with Gasteiger partial charge in [0.05, 0.1) is 6.54 Å². The number of hydrogen-bond donors (Lipinski definition) is 0. The highest BCUT2D eigenvalue weighted by Gasteiger charge is 2.28. The van der Waals surface area contributed by atoms with Crippen molar-refractivity contribution >= 4 is 5.69 Å². The van der Waals surface area contributed by atoms with Crippen LogP contribution in [0.4, 0.5) is 5.69 Å². The summed E-state index contributed by atoms with van der Waals surface area (Å²) in [4.78, 5) is 6.63. The van der Waals surface area contributed by atoms with Crippen molar-refractivity contribution in [3.63, 3.8) is 0 Å². The van der Waals surface area contributed by atoms with Crippen molar-refractivity contribution in [3.8, 4) is 0 Å². The first-order valence-electron chi connectivity index (χ1n) is 6.74. The van der Waals surface area contributed by atoms with Crippen LogP contribution in [0.5, 0.6) is 0 Å². The topological polar surface area (TPSA) is 42.2 Å². The Balaban J connectivity index is 1.75. The molecule has 4 nitrogen and oxygen atoms in total. The van der Waals surface area contributed by atoms with Gasteiger partial charge >= 0.3 is 0 Å². The van der Waals surface area contributed by atoms with Crippen LogP contribution in [0.2, 0.25) is 0 Å². The molecule has 0 aliphatic heterocycles. The quantitative estimate of drug-likeness (QED) is 0.843. The van der Waals surface area contributed by atoms with Crippen molar-refractivity contribution in [1.82, 2.24) is 10.1 Å². The van der Waals surface area contributed by atoms with Gasteiger partial charge in [-0.25, -0.2) is 0 Å². The van der Waals surface area contributed by atoms with Crippen LogP contribution in [0.1, 0.15) is 41.6 Å². The summed E-state index contributed by atoms with van der Waals surface area (Å²) in [7, 11) is 2.06. The molecule has 1 aromatic carbocycles.